The van der Waals surface area contributed by atoms with Crippen molar-refractivity contribution in [1.29, 1.82) is 0 Å². The Bertz CT molecular complexity index is 1190. The maximum absolute atomic E-state index is 14.0. The first-order chi connectivity index (χ1) is 16.9. The highest BCUT2D eigenvalue weighted by molar-refractivity contribution is 5.98. The Hall–Kier alpha value is -3.94. The second-order valence-corrected chi connectivity index (χ2v) is 8.68. The Morgan fingerprint density at radius 1 is 1.11 bits per heavy atom. The van der Waals surface area contributed by atoms with Crippen molar-refractivity contribution in [3.8, 4) is 0 Å². The van der Waals surface area contributed by atoms with Gasteiger partial charge in [-0.25, -0.2) is 9.37 Å². The third kappa shape index (κ3) is 5.95. The number of hydrogen-bond acceptors (Lipinski definition) is 5. The molecule has 0 unspecified atom stereocenters. The number of amides is 2. The van der Waals surface area contributed by atoms with E-state index in [9.17, 15) is 14.0 Å². The average molecular weight is 476 g/mol. The fourth-order valence-electron chi connectivity index (χ4n) is 4.37. The molecule has 0 aliphatic carbocycles. The van der Waals surface area contributed by atoms with Crippen LogP contribution in [0.25, 0.3) is 0 Å². The van der Waals surface area contributed by atoms with E-state index in [4.69, 9.17) is 5.73 Å². The first-order valence-corrected chi connectivity index (χ1v) is 11.9. The summed E-state index contributed by atoms with van der Waals surface area (Å²) in [6.07, 6.45) is 3.89. The van der Waals surface area contributed by atoms with E-state index in [1.165, 1.54) is 17.8 Å². The highest BCUT2D eigenvalue weighted by Crippen LogP contribution is 2.30. The molecule has 182 valence electrons. The second-order valence-electron chi connectivity index (χ2n) is 8.68. The fourth-order valence-corrected chi connectivity index (χ4v) is 4.37. The van der Waals surface area contributed by atoms with Crippen LogP contribution in [0.5, 0.6) is 0 Å². The minimum atomic E-state index is -0.615. The van der Waals surface area contributed by atoms with Crippen molar-refractivity contribution >= 4 is 29.0 Å². The lowest BCUT2D eigenvalue weighted by atomic mass is 9.89. The number of nitrogens with two attached hydrogens (primary N) is 1. The van der Waals surface area contributed by atoms with Gasteiger partial charge in [0.25, 0.3) is 5.91 Å². The molecule has 0 bridgehead atoms. The van der Waals surface area contributed by atoms with E-state index in [0.717, 1.165) is 31.6 Å². The van der Waals surface area contributed by atoms with Gasteiger partial charge >= 0.3 is 0 Å². The van der Waals surface area contributed by atoms with Gasteiger partial charge in [-0.1, -0.05) is 37.3 Å². The summed E-state index contributed by atoms with van der Waals surface area (Å²) in [5.74, 6) is 0.254. The molecular weight excluding hydrogens is 445 g/mol. The number of nitrogens with zero attached hydrogens (tertiary/aromatic N) is 2. The zero-order chi connectivity index (χ0) is 24.8. The van der Waals surface area contributed by atoms with Gasteiger partial charge in [-0.3, -0.25) is 9.59 Å². The van der Waals surface area contributed by atoms with Crippen molar-refractivity contribution in [2.75, 3.05) is 23.7 Å². The van der Waals surface area contributed by atoms with Crippen LogP contribution in [0.15, 0.2) is 60.8 Å². The Morgan fingerprint density at radius 3 is 2.49 bits per heavy atom. The van der Waals surface area contributed by atoms with Crippen molar-refractivity contribution in [2.24, 2.45) is 5.73 Å². The average Bonchev–Trinajstić information content (AvgIpc) is 2.88. The van der Waals surface area contributed by atoms with Gasteiger partial charge in [0.1, 0.15) is 11.6 Å². The van der Waals surface area contributed by atoms with Crippen molar-refractivity contribution < 1.29 is 14.0 Å². The first kappa shape index (κ1) is 24.2. The molecule has 0 saturated carbocycles. The van der Waals surface area contributed by atoms with Gasteiger partial charge in [0.15, 0.2) is 0 Å². The molecule has 4 N–H and O–H groups in total. The van der Waals surface area contributed by atoms with Gasteiger partial charge in [0.05, 0.1) is 11.3 Å². The molecule has 3 aromatic rings. The summed E-state index contributed by atoms with van der Waals surface area (Å²) < 4.78 is 14.0. The van der Waals surface area contributed by atoms with Gasteiger partial charge in [-0.05, 0) is 42.5 Å². The largest absolute Gasteiger partial charge is 0.380 e. The van der Waals surface area contributed by atoms with E-state index in [0.29, 0.717) is 29.4 Å². The van der Waals surface area contributed by atoms with E-state index < -0.39 is 5.91 Å². The molecule has 1 aliphatic rings. The molecule has 8 heteroatoms. The topological polar surface area (TPSA) is 100 Å². The third-order valence-electron chi connectivity index (χ3n) is 6.40. The highest BCUT2D eigenvalue weighted by Gasteiger charge is 2.22. The lowest BCUT2D eigenvalue weighted by Gasteiger charge is -2.32. The fraction of sp³-hybridized carbons (Fsp3) is 0.296. The van der Waals surface area contributed by atoms with E-state index in [1.54, 1.807) is 24.3 Å². The summed E-state index contributed by atoms with van der Waals surface area (Å²) in [5, 5.41) is 6.35. The number of primary amides is 1. The van der Waals surface area contributed by atoms with Crippen molar-refractivity contribution in [1.82, 2.24) is 9.88 Å². The van der Waals surface area contributed by atoms with Crippen LogP contribution < -0.4 is 16.4 Å². The van der Waals surface area contributed by atoms with E-state index >= 15 is 0 Å². The second kappa shape index (κ2) is 11.0. The van der Waals surface area contributed by atoms with Gasteiger partial charge in [0.2, 0.25) is 5.91 Å². The number of anilines is 3. The number of piperidine rings is 1. The van der Waals surface area contributed by atoms with Gasteiger partial charge in [0, 0.05) is 49.6 Å². The normalized spacial score (nSPS) is 13.9. The van der Waals surface area contributed by atoms with Gasteiger partial charge in [-0.2, -0.15) is 0 Å². The highest BCUT2D eigenvalue weighted by atomic mass is 19.1. The number of halogens is 1. The lowest BCUT2D eigenvalue weighted by Crippen LogP contribution is -2.37. The summed E-state index contributed by atoms with van der Waals surface area (Å²) in [6, 6.07) is 16.3. The lowest BCUT2D eigenvalue weighted by molar-refractivity contribution is -0.131. The molecule has 2 heterocycles. The summed E-state index contributed by atoms with van der Waals surface area (Å²) in [5.41, 5.74) is 8.80. The van der Waals surface area contributed by atoms with E-state index in [-0.39, 0.29) is 23.8 Å². The van der Waals surface area contributed by atoms with Crippen LogP contribution in [-0.2, 0) is 11.3 Å². The predicted octanol–water partition coefficient (Wildman–Crippen LogP) is 4.79. The Kier molecular flexibility index (Phi) is 7.60. The summed E-state index contributed by atoms with van der Waals surface area (Å²) in [4.78, 5) is 30.0. The number of nitrogens with one attached hydrogen (secondary N) is 2. The van der Waals surface area contributed by atoms with Crippen LogP contribution in [0.4, 0.5) is 21.6 Å². The Balaban J connectivity index is 1.42. The molecule has 1 aromatic heterocycles. The summed E-state index contributed by atoms with van der Waals surface area (Å²) >= 11 is 0. The smallest absolute Gasteiger partial charge is 0.252 e. The molecule has 1 fully saturated rings. The molecule has 7 nitrogen and oxygen atoms in total. The van der Waals surface area contributed by atoms with Crippen molar-refractivity contribution in [3.63, 3.8) is 0 Å². The van der Waals surface area contributed by atoms with Crippen molar-refractivity contribution in [2.45, 2.75) is 38.6 Å². The number of carbonyl (C=O) groups is 2. The van der Waals surface area contributed by atoms with Crippen LogP contribution >= 0.6 is 0 Å². The number of benzene rings is 2. The molecule has 0 atom stereocenters. The minimum absolute atomic E-state index is 0.202. The summed E-state index contributed by atoms with van der Waals surface area (Å²) in [6.45, 7) is 3.71. The SMILES string of the molecule is CCC(=O)N1CCC(c2ccc(Nc3cc(NCc4ccccc4F)c(C(N)=O)cn3)cc2)CC1. The summed E-state index contributed by atoms with van der Waals surface area (Å²) in [7, 11) is 0. The molecule has 0 spiro atoms. The Morgan fingerprint density at radius 2 is 1.83 bits per heavy atom. The molecule has 1 aliphatic heterocycles. The van der Waals surface area contributed by atoms with Gasteiger partial charge < -0.3 is 21.3 Å². The third-order valence-corrected chi connectivity index (χ3v) is 6.40. The monoisotopic (exact) mass is 475 g/mol. The number of carbonyl (C=O) groups excluding carboxylic acids is 2. The minimum Gasteiger partial charge on any atom is -0.380 e. The quantitative estimate of drug-likeness (QED) is 0.435. The number of aromatic nitrogens is 1. The molecule has 2 amide bonds. The van der Waals surface area contributed by atoms with Crippen LogP contribution in [0.1, 0.15) is 53.6 Å². The number of pyridine rings is 1. The first-order valence-electron chi connectivity index (χ1n) is 11.9. The van der Waals surface area contributed by atoms with E-state index in [2.05, 4.69) is 27.8 Å². The Labute approximate surface area is 204 Å². The number of rotatable bonds is 8. The van der Waals surface area contributed by atoms with Crippen LogP contribution in [0.2, 0.25) is 0 Å². The zero-order valence-corrected chi connectivity index (χ0v) is 19.8. The molecule has 4 rings (SSSR count). The number of hydrogen-bond donors (Lipinski definition) is 3. The van der Waals surface area contributed by atoms with Gasteiger partial charge in [-0.15, -0.1) is 0 Å². The molecule has 2 aromatic carbocycles. The molecule has 35 heavy (non-hydrogen) atoms. The van der Waals surface area contributed by atoms with Crippen LogP contribution in [-0.4, -0.2) is 34.8 Å². The molecule has 1 saturated heterocycles. The van der Waals surface area contributed by atoms with E-state index in [1.807, 2.05) is 24.0 Å². The zero-order valence-electron chi connectivity index (χ0n) is 19.8. The van der Waals surface area contributed by atoms with Crippen molar-refractivity contribution in [3.05, 3.63) is 83.3 Å². The van der Waals surface area contributed by atoms with Crippen LogP contribution in [0.3, 0.4) is 0 Å². The standard InChI is InChI=1S/C27H30FN5O2/c1-2-26(34)33-13-11-19(12-14-33)18-7-9-21(10-8-18)32-25-15-24(22(17-31-25)27(29)35)30-16-20-5-3-4-6-23(20)28/h3-10,15,17,19H,2,11-14,16H2,1H3,(H2,29,35)(H2,30,31,32). The maximum atomic E-state index is 14.0. The molecular formula is C27H30FN5O2. The van der Waals surface area contributed by atoms with Crippen LogP contribution in [0, 0.1) is 5.82 Å². The predicted molar refractivity (Wildman–Crippen MR) is 135 cm³/mol. The maximum Gasteiger partial charge on any atom is 0.252 e. The number of likely N-dealkylation sites (tertiary alicyclic amines) is 1. The molecule has 0 radical (unpaired) electrons.